The Kier molecular flexibility index (Phi) is 8.75. The number of ether oxygens (including phenoxy) is 2. The molecule has 0 saturated heterocycles. The minimum absolute atomic E-state index is 0.0440. The number of hydrogen-bond acceptors (Lipinski definition) is 8. The zero-order valence-electron chi connectivity index (χ0n) is 21.7. The average Bonchev–Trinajstić information content (AvgIpc) is 2.97. The number of alkyl carbamates (subject to hydrolysis) is 1. The van der Waals surface area contributed by atoms with Gasteiger partial charge in [-0.3, -0.25) is 10.3 Å². The molecule has 10 nitrogen and oxygen atoms in total. The van der Waals surface area contributed by atoms with Crippen molar-refractivity contribution >= 4 is 17.8 Å². The fraction of sp³-hybridized carbons (Fsp3) is 0.0690. The Labute approximate surface area is 233 Å². The van der Waals surface area contributed by atoms with Gasteiger partial charge in [-0.25, -0.2) is 29.2 Å². The van der Waals surface area contributed by atoms with Gasteiger partial charge in [-0.15, -0.1) is 0 Å². The molecule has 1 heterocycles. The van der Waals surface area contributed by atoms with Crippen LogP contribution in [0.1, 0.15) is 21.5 Å². The predicted molar refractivity (Wildman–Crippen MR) is 146 cm³/mol. The van der Waals surface area contributed by atoms with Gasteiger partial charge < -0.3 is 20.3 Å². The second-order valence-corrected chi connectivity index (χ2v) is 8.67. The van der Waals surface area contributed by atoms with E-state index in [-0.39, 0.29) is 29.3 Å². The van der Waals surface area contributed by atoms with Crippen LogP contribution in [0.3, 0.4) is 0 Å². The highest BCUT2D eigenvalue weighted by molar-refractivity contribution is 5.90. The third kappa shape index (κ3) is 6.94. The molecule has 0 spiro atoms. The Morgan fingerprint density at radius 2 is 1.63 bits per heavy atom. The van der Waals surface area contributed by atoms with Gasteiger partial charge in [0.05, 0.1) is 5.70 Å². The van der Waals surface area contributed by atoms with Crippen molar-refractivity contribution in [3.05, 3.63) is 119 Å². The van der Waals surface area contributed by atoms with Gasteiger partial charge in [-0.05, 0) is 41.0 Å². The summed E-state index contributed by atoms with van der Waals surface area (Å²) in [6.07, 6.45) is 0.472. The van der Waals surface area contributed by atoms with Crippen LogP contribution in [0.4, 0.5) is 13.6 Å². The number of halogens is 2. The fourth-order valence-corrected chi connectivity index (χ4v) is 3.74. The summed E-state index contributed by atoms with van der Waals surface area (Å²) in [5, 5.41) is 12.9. The van der Waals surface area contributed by atoms with Crippen LogP contribution in [0.25, 0.3) is 16.8 Å². The largest absolute Gasteiger partial charge is 0.477 e. The van der Waals surface area contributed by atoms with E-state index in [9.17, 15) is 23.5 Å². The molecule has 4 rings (SSSR count). The number of pyridine rings is 1. The highest BCUT2D eigenvalue weighted by atomic mass is 19.1. The molecule has 0 aliphatic carbocycles. The fourth-order valence-electron chi connectivity index (χ4n) is 3.74. The van der Waals surface area contributed by atoms with Crippen LogP contribution in [-0.2, 0) is 11.3 Å². The van der Waals surface area contributed by atoms with E-state index in [1.165, 1.54) is 25.4 Å². The first-order valence-electron chi connectivity index (χ1n) is 12.1. The molecule has 210 valence electrons. The Morgan fingerprint density at radius 3 is 2.24 bits per heavy atom. The van der Waals surface area contributed by atoms with Crippen molar-refractivity contribution in [2.75, 3.05) is 7.05 Å². The number of benzene rings is 3. The molecule has 6 N–H and O–H groups in total. The van der Waals surface area contributed by atoms with E-state index in [1.807, 2.05) is 30.3 Å². The Morgan fingerprint density at radius 1 is 0.976 bits per heavy atom. The summed E-state index contributed by atoms with van der Waals surface area (Å²) in [6.45, 7) is 0.0440. The maximum atomic E-state index is 14.9. The number of carboxylic acid groups (broad SMARTS) is 1. The van der Waals surface area contributed by atoms with E-state index in [2.05, 4.69) is 10.3 Å². The van der Waals surface area contributed by atoms with Crippen molar-refractivity contribution < 1.29 is 33.0 Å². The number of aromatic carboxylic acids is 1. The number of carbonyl (C=O) groups is 2. The number of amides is 1. The molecule has 0 atom stereocenters. The number of carboxylic acids is 1. The van der Waals surface area contributed by atoms with Crippen molar-refractivity contribution in [2.45, 2.75) is 6.61 Å². The minimum atomic E-state index is -1.36. The van der Waals surface area contributed by atoms with Gasteiger partial charge in [0, 0.05) is 18.8 Å². The van der Waals surface area contributed by atoms with Crippen molar-refractivity contribution in [3.63, 3.8) is 0 Å². The van der Waals surface area contributed by atoms with Gasteiger partial charge in [0.2, 0.25) is 11.6 Å². The number of nitrogens with two attached hydrogens (primary N) is 2. The number of nitrogens with one attached hydrogen (secondary N) is 1. The molecule has 0 bridgehead atoms. The molecule has 41 heavy (non-hydrogen) atoms. The standard InChI is InChI=1S/C29H25F2N5O5/c1-36(33)26(35-29(39)40-16-17-6-3-2-4-7-17)24(32)19-11-9-18(10-12-19)20-14-22(30)25(23(31)15-20)41-27-21(28(37)38)8-5-13-34-27/h2-15H,16,32-33H2,1H3,(H,35,39)(H,37,38)/b26-24-. The number of hydrazine groups is 1. The van der Waals surface area contributed by atoms with Crippen LogP contribution < -0.4 is 21.6 Å². The van der Waals surface area contributed by atoms with E-state index in [1.54, 1.807) is 24.3 Å². The molecule has 3 aromatic carbocycles. The number of hydrogen-bond donors (Lipinski definition) is 4. The Bertz CT molecular complexity index is 1570. The highest BCUT2D eigenvalue weighted by Crippen LogP contribution is 2.33. The molecular weight excluding hydrogens is 536 g/mol. The van der Waals surface area contributed by atoms with E-state index in [0.717, 1.165) is 22.7 Å². The molecule has 0 aliphatic rings. The summed E-state index contributed by atoms with van der Waals surface area (Å²) >= 11 is 0. The van der Waals surface area contributed by atoms with E-state index in [4.69, 9.17) is 21.1 Å². The number of aromatic nitrogens is 1. The quantitative estimate of drug-likeness (QED) is 0.166. The maximum Gasteiger partial charge on any atom is 0.413 e. The summed E-state index contributed by atoms with van der Waals surface area (Å²) in [5.74, 6) is 1.23. The first-order chi connectivity index (χ1) is 19.6. The van der Waals surface area contributed by atoms with Crippen molar-refractivity contribution in [1.82, 2.24) is 15.3 Å². The van der Waals surface area contributed by atoms with Crippen LogP contribution >= 0.6 is 0 Å². The molecule has 0 fully saturated rings. The van der Waals surface area contributed by atoms with Crippen LogP contribution in [0.2, 0.25) is 0 Å². The van der Waals surface area contributed by atoms with E-state index >= 15 is 0 Å². The summed E-state index contributed by atoms with van der Waals surface area (Å²) < 4.78 is 40.1. The monoisotopic (exact) mass is 561 g/mol. The Balaban J connectivity index is 1.52. The maximum absolute atomic E-state index is 14.9. The molecule has 0 unspecified atom stereocenters. The third-order valence-electron chi connectivity index (χ3n) is 5.77. The van der Waals surface area contributed by atoms with Crippen molar-refractivity contribution in [3.8, 4) is 22.8 Å². The lowest BCUT2D eigenvalue weighted by atomic mass is 10.0. The zero-order chi connectivity index (χ0) is 29.5. The van der Waals surface area contributed by atoms with Gasteiger partial charge in [-0.2, -0.15) is 0 Å². The lowest BCUT2D eigenvalue weighted by Gasteiger charge is -2.20. The van der Waals surface area contributed by atoms with Crippen molar-refractivity contribution in [1.29, 1.82) is 0 Å². The molecular formula is C29H25F2N5O5. The molecule has 1 amide bonds. The zero-order valence-corrected chi connectivity index (χ0v) is 21.7. The predicted octanol–water partition coefficient (Wildman–Crippen LogP) is 4.83. The molecule has 0 saturated carbocycles. The third-order valence-corrected chi connectivity index (χ3v) is 5.77. The SMILES string of the molecule is CN(N)/C(NC(=O)OCc1ccccc1)=C(\N)c1ccc(-c2cc(F)c(Oc3ncccc3C(=O)O)c(F)c2)cc1. The molecule has 4 aromatic rings. The average molecular weight is 562 g/mol. The van der Waals surface area contributed by atoms with Gasteiger partial charge in [0.25, 0.3) is 0 Å². The summed E-state index contributed by atoms with van der Waals surface area (Å²) in [6, 6.07) is 20.1. The van der Waals surface area contributed by atoms with Gasteiger partial charge in [-0.1, -0.05) is 54.6 Å². The lowest BCUT2D eigenvalue weighted by Crippen LogP contribution is -2.39. The molecule has 0 aliphatic heterocycles. The smallest absolute Gasteiger partial charge is 0.413 e. The van der Waals surface area contributed by atoms with Crippen LogP contribution in [-0.4, -0.2) is 34.2 Å². The molecule has 12 heteroatoms. The lowest BCUT2D eigenvalue weighted by molar-refractivity contribution is 0.0693. The topological polar surface area (TPSA) is 153 Å². The normalized spacial score (nSPS) is 11.3. The number of rotatable bonds is 9. The first-order valence-corrected chi connectivity index (χ1v) is 12.1. The van der Waals surface area contributed by atoms with Gasteiger partial charge in [0.1, 0.15) is 18.0 Å². The van der Waals surface area contributed by atoms with Crippen LogP contribution in [0, 0.1) is 11.6 Å². The van der Waals surface area contributed by atoms with Crippen LogP contribution in [0.5, 0.6) is 11.6 Å². The minimum Gasteiger partial charge on any atom is -0.477 e. The summed E-state index contributed by atoms with van der Waals surface area (Å²) in [7, 11) is 1.48. The Hall–Kier alpha value is -5.49. The van der Waals surface area contributed by atoms with Gasteiger partial charge >= 0.3 is 12.1 Å². The highest BCUT2D eigenvalue weighted by Gasteiger charge is 2.20. The summed E-state index contributed by atoms with van der Waals surface area (Å²) in [4.78, 5) is 27.5. The molecule has 0 radical (unpaired) electrons. The summed E-state index contributed by atoms with van der Waals surface area (Å²) in [5.41, 5.74) is 7.90. The van der Waals surface area contributed by atoms with Gasteiger partial charge in [0.15, 0.2) is 11.6 Å². The van der Waals surface area contributed by atoms with E-state index in [0.29, 0.717) is 11.1 Å². The first kappa shape index (κ1) is 28.5. The second kappa shape index (κ2) is 12.6. The number of carbonyl (C=O) groups excluding carboxylic acids is 1. The van der Waals surface area contributed by atoms with Crippen LogP contribution in [0.15, 0.2) is 90.9 Å². The second-order valence-electron chi connectivity index (χ2n) is 8.67. The van der Waals surface area contributed by atoms with Crippen molar-refractivity contribution in [2.24, 2.45) is 11.6 Å². The van der Waals surface area contributed by atoms with E-state index < -0.39 is 35.3 Å². The number of nitrogens with zero attached hydrogens (tertiary/aromatic N) is 2. The molecule has 1 aromatic heterocycles.